The lowest BCUT2D eigenvalue weighted by Gasteiger charge is -2.07. The highest BCUT2D eigenvalue weighted by Gasteiger charge is 2.21. The fraction of sp³-hybridized carbons (Fsp3) is 0.0952. The molecule has 1 N–H and O–H groups in total. The second-order valence-corrected chi connectivity index (χ2v) is 8.41. The van der Waals surface area contributed by atoms with Crippen molar-refractivity contribution in [2.75, 3.05) is 0 Å². The van der Waals surface area contributed by atoms with E-state index in [4.69, 9.17) is 16.0 Å². The van der Waals surface area contributed by atoms with Gasteiger partial charge < -0.3 is 9.73 Å². The first-order valence-corrected chi connectivity index (χ1v) is 10.9. The molecule has 4 aromatic rings. The summed E-state index contributed by atoms with van der Waals surface area (Å²) in [6.07, 6.45) is 3.39. The van der Waals surface area contributed by atoms with Gasteiger partial charge in [0.1, 0.15) is 5.58 Å². The molecule has 2 aromatic heterocycles. The summed E-state index contributed by atoms with van der Waals surface area (Å²) in [6, 6.07) is 14.9. The van der Waals surface area contributed by atoms with Crippen molar-refractivity contribution in [1.82, 2.24) is 15.3 Å². The van der Waals surface area contributed by atoms with Crippen LogP contribution in [0, 0.1) is 0 Å². The molecule has 29 heavy (non-hydrogen) atoms. The number of fused-ring (bicyclic) bond motifs is 1. The molecular formula is C21H15BrClN3O2S. The van der Waals surface area contributed by atoms with E-state index in [2.05, 4.69) is 31.2 Å². The number of carbonyl (C=O) groups excluding carboxylic acids is 1. The Kier molecular flexibility index (Phi) is 6.18. The zero-order valence-corrected chi connectivity index (χ0v) is 18.2. The van der Waals surface area contributed by atoms with Crippen molar-refractivity contribution in [3.8, 4) is 0 Å². The molecule has 2 aromatic carbocycles. The molecule has 0 saturated carbocycles. The molecule has 4 rings (SSSR count). The molecule has 0 aliphatic carbocycles. The van der Waals surface area contributed by atoms with Crippen molar-refractivity contribution < 1.29 is 9.21 Å². The molecule has 2 heterocycles. The average molecular weight is 489 g/mol. The number of amides is 1. The third-order valence-electron chi connectivity index (χ3n) is 4.25. The summed E-state index contributed by atoms with van der Waals surface area (Å²) in [4.78, 5) is 21.4. The predicted molar refractivity (Wildman–Crippen MR) is 118 cm³/mol. The van der Waals surface area contributed by atoms with Gasteiger partial charge in [-0.25, -0.2) is 9.97 Å². The van der Waals surface area contributed by atoms with Gasteiger partial charge in [0.05, 0.1) is 0 Å². The number of hydrogen-bond acceptors (Lipinski definition) is 5. The Bertz CT molecular complexity index is 1170. The van der Waals surface area contributed by atoms with Gasteiger partial charge in [-0.3, -0.25) is 4.79 Å². The lowest BCUT2D eigenvalue weighted by atomic mass is 10.1. The van der Waals surface area contributed by atoms with Gasteiger partial charge >= 0.3 is 0 Å². The number of rotatable bonds is 6. The van der Waals surface area contributed by atoms with Crippen molar-refractivity contribution in [3.05, 3.63) is 87.3 Å². The molecular weight excluding hydrogens is 474 g/mol. The Balaban J connectivity index is 1.57. The second kappa shape index (κ2) is 8.98. The number of hydrogen-bond donors (Lipinski definition) is 1. The molecule has 0 saturated heterocycles. The van der Waals surface area contributed by atoms with E-state index in [-0.39, 0.29) is 5.91 Å². The Morgan fingerprint density at radius 3 is 2.72 bits per heavy atom. The summed E-state index contributed by atoms with van der Waals surface area (Å²) in [5.41, 5.74) is 2.31. The summed E-state index contributed by atoms with van der Waals surface area (Å²) < 4.78 is 6.77. The van der Waals surface area contributed by atoms with Gasteiger partial charge in [0.2, 0.25) is 0 Å². The van der Waals surface area contributed by atoms with E-state index in [9.17, 15) is 4.79 Å². The predicted octanol–water partition coefficient (Wildman–Crippen LogP) is 5.86. The van der Waals surface area contributed by atoms with E-state index < -0.39 is 0 Å². The van der Waals surface area contributed by atoms with Gasteiger partial charge in [-0.2, -0.15) is 0 Å². The maximum Gasteiger partial charge on any atom is 0.287 e. The minimum absolute atomic E-state index is 0.287. The molecule has 1 amide bonds. The van der Waals surface area contributed by atoms with Crippen LogP contribution in [0.25, 0.3) is 11.0 Å². The molecule has 0 unspecified atom stereocenters. The lowest BCUT2D eigenvalue weighted by Crippen LogP contribution is -2.23. The van der Waals surface area contributed by atoms with Crippen LogP contribution in [0.3, 0.4) is 0 Å². The van der Waals surface area contributed by atoms with Crippen LogP contribution in [-0.2, 0) is 12.3 Å². The molecule has 0 atom stereocenters. The minimum atomic E-state index is -0.287. The van der Waals surface area contributed by atoms with Crippen LogP contribution in [-0.4, -0.2) is 15.9 Å². The molecule has 0 spiro atoms. The topological polar surface area (TPSA) is 68.0 Å². The second-order valence-electron chi connectivity index (χ2n) is 6.14. The van der Waals surface area contributed by atoms with Crippen molar-refractivity contribution in [3.63, 3.8) is 0 Å². The largest absolute Gasteiger partial charge is 0.451 e. The summed E-state index contributed by atoms with van der Waals surface area (Å²) in [7, 11) is 0. The lowest BCUT2D eigenvalue weighted by molar-refractivity contribution is 0.0924. The molecule has 5 nitrogen and oxygen atoms in total. The Labute approximate surface area is 185 Å². The summed E-state index contributed by atoms with van der Waals surface area (Å²) in [5.74, 6) is 0.524. The molecule has 0 fully saturated rings. The van der Waals surface area contributed by atoms with E-state index in [1.807, 2.05) is 36.4 Å². The SMILES string of the molecule is O=C(NCc1ccc(Br)cc1Cl)c1oc2ccccc2c1CSc1ncccn1. The highest BCUT2D eigenvalue weighted by Crippen LogP contribution is 2.31. The first-order chi connectivity index (χ1) is 14.1. The Hall–Kier alpha value is -2.35. The maximum absolute atomic E-state index is 12.9. The number of aromatic nitrogens is 2. The van der Waals surface area contributed by atoms with Crippen LogP contribution < -0.4 is 5.32 Å². The highest BCUT2D eigenvalue weighted by atomic mass is 79.9. The molecule has 0 bridgehead atoms. The van der Waals surface area contributed by atoms with Crippen LogP contribution in [0.5, 0.6) is 0 Å². The summed E-state index contributed by atoms with van der Waals surface area (Å²) in [6.45, 7) is 0.302. The summed E-state index contributed by atoms with van der Waals surface area (Å²) >= 11 is 11.1. The van der Waals surface area contributed by atoms with Gasteiger partial charge in [0.25, 0.3) is 5.91 Å². The van der Waals surface area contributed by atoms with Crippen molar-refractivity contribution in [2.45, 2.75) is 17.5 Å². The zero-order chi connectivity index (χ0) is 20.2. The quantitative estimate of drug-likeness (QED) is 0.272. The number of nitrogens with zero attached hydrogens (tertiary/aromatic N) is 2. The van der Waals surface area contributed by atoms with Crippen LogP contribution in [0.15, 0.2) is 75.0 Å². The first kappa shape index (κ1) is 19.9. The fourth-order valence-corrected chi connectivity index (χ4v) is 4.41. The third-order valence-corrected chi connectivity index (χ3v) is 5.99. The maximum atomic E-state index is 12.9. The number of carbonyl (C=O) groups is 1. The van der Waals surface area contributed by atoms with Gasteiger partial charge in [0, 0.05) is 45.1 Å². The standard InChI is InChI=1S/C21H15BrClN3O2S/c22-14-7-6-13(17(23)10-14)11-26-20(27)19-16(12-29-21-24-8-3-9-25-21)15-4-1-2-5-18(15)28-19/h1-10H,11-12H2,(H,26,27). The molecule has 0 aliphatic rings. The van der Waals surface area contributed by atoms with Gasteiger partial charge in [-0.1, -0.05) is 63.6 Å². The monoisotopic (exact) mass is 487 g/mol. The van der Waals surface area contributed by atoms with E-state index in [0.717, 1.165) is 21.0 Å². The number of furan rings is 1. The minimum Gasteiger partial charge on any atom is -0.451 e. The number of benzene rings is 2. The van der Waals surface area contributed by atoms with Crippen molar-refractivity contribution in [1.29, 1.82) is 0 Å². The van der Waals surface area contributed by atoms with Crippen LogP contribution in [0.1, 0.15) is 21.7 Å². The fourth-order valence-electron chi connectivity index (χ4n) is 2.84. The van der Waals surface area contributed by atoms with Gasteiger partial charge in [0.15, 0.2) is 10.9 Å². The molecule has 146 valence electrons. The first-order valence-electron chi connectivity index (χ1n) is 8.74. The molecule has 0 radical (unpaired) electrons. The number of para-hydroxylation sites is 1. The Morgan fingerprint density at radius 1 is 1.14 bits per heavy atom. The van der Waals surface area contributed by atoms with Crippen molar-refractivity contribution >= 4 is 56.2 Å². The van der Waals surface area contributed by atoms with E-state index >= 15 is 0 Å². The normalized spacial score (nSPS) is 11.0. The van der Waals surface area contributed by atoms with E-state index in [1.165, 1.54) is 11.8 Å². The smallest absolute Gasteiger partial charge is 0.287 e. The number of nitrogens with one attached hydrogen (secondary N) is 1. The van der Waals surface area contributed by atoms with Gasteiger partial charge in [-0.05, 0) is 29.8 Å². The molecule has 8 heteroatoms. The van der Waals surface area contributed by atoms with Crippen LogP contribution in [0.2, 0.25) is 5.02 Å². The number of thioether (sulfide) groups is 1. The Morgan fingerprint density at radius 2 is 1.93 bits per heavy atom. The average Bonchev–Trinajstić information content (AvgIpc) is 3.11. The van der Waals surface area contributed by atoms with E-state index in [1.54, 1.807) is 24.5 Å². The zero-order valence-electron chi connectivity index (χ0n) is 15.1. The highest BCUT2D eigenvalue weighted by molar-refractivity contribution is 9.10. The summed E-state index contributed by atoms with van der Waals surface area (Å²) in [5, 5.41) is 5.04. The van der Waals surface area contributed by atoms with Gasteiger partial charge in [-0.15, -0.1) is 0 Å². The number of halogens is 2. The van der Waals surface area contributed by atoms with Crippen LogP contribution in [0.4, 0.5) is 0 Å². The third kappa shape index (κ3) is 4.63. The molecule has 0 aliphatic heterocycles. The van der Waals surface area contributed by atoms with Crippen molar-refractivity contribution in [2.24, 2.45) is 0 Å². The van der Waals surface area contributed by atoms with E-state index in [0.29, 0.717) is 33.8 Å². The van der Waals surface area contributed by atoms with Crippen LogP contribution >= 0.6 is 39.3 Å².